The maximum atomic E-state index is 11.8. The predicted molar refractivity (Wildman–Crippen MR) is 80.5 cm³/mol. The quantitative estimate of drug-likeness (QED) is 0.506. The Bertz CT molecular complexity index is 514. The molecule has 0 bridgehead atoms. The van der Waals surface area contributed by atoms with E-state index in [4.69, 9.17) is 5.11 Å². The van der Waals surface area contributed by atoms with Gasteiger partial charge < -0.3 is 10.4 Å². The van der Waals surface area contributed by atoms with Crippen LogP contribution < -0.4 is 10.6 Å². The van der Waals surface area contributed by atoms with E-state index in [0.29, 0.717) is 12.1 Å². The van der Waals surface area contributed by atoms with E-state index in [2.05, 4.69) is 10.6 Å². The molecule has 0 aliphatic rings. The largest absolute Gasteiger partial charge is 0.465 e. The van der Waals surface area contributed by atoms with E-state index in [1.54, 1.807) is 18.2 Å². The van der Waals surface area contributed by atoms with Crippen LogP contribution in [0.3, 0.4) is 0 Å². The van der Waals surface area contributed by atoms with Gasteiger partial charge in [-0.3, -0.25) is 14.9 Å². The van der Waals surface area contributed by atoms with Crippen LogP contribution in [0.4, 0.5) is 16.2 Å². The molecular weight excluding hydrogens is 272 g/mol. The fourth-order valence-corrected chi connectivity index (χ4v) is 1.85. The number of hydrogen-bond donors (Lipinski definition) is 3. The zero-order valence-corrected chi connectivity index (χ0v) is 12.0. The Hall–Kier alpha value is -2.37. The Morgan fingerprint density at radius 3 is 2.24 bits per heavy atom. The highest BCUT2D eigenvalue weighted by Gasteiger charge is 2.12. The van der Waals surface area contributed by atoms with E-state index in [9.17, 15) is 14.4 Å². The summed E-state index contributed by atoms with van der Waals surface area (Å²) in [6.45, 7) is 2.05. The van der Waals surface area contributed by atoms with Gasteiger partial charge in [-0.1, -0.05) is 31.9 Å². The molecule has 0 atom stereocenters. The van der Waals surface area contributed by atoms with Gasteiger partial charge in [-0.05, 0) is 18.6 Å². The van der Waals surface area contributed by atoms with Gasteiger partial charge in [-0.25, -0.2) is 4.79 Å². The fraction of sp³-hybridized carbons (Fsp3) is 0.400. The number of unbranched alkanes of at least 4 members (excludes halogenated alkanes) is 2. The van der Waals surface area contributed by atoms with Crippen LogP contribution in [-0.4, -0.2) is 22.9 Å². The minimum absolute atomic E-state index is 0.107. The lowest BCUT2D eigenvalue weighted by Gasteiger charge is -2.10. The number of ketones is 1. The Balaban J connectivity index is 2.54. The van der Waals surface area contributed by atoms with Crippen LogP contribution in [0.5, 0.6) is 0 Å². The number of carbonyl (C=O) groups excluding carboxylic acids is 2. The summed E-state index contributed by atoms with van der Waals surface area (Å²) in [7, 11) is 0. The third-order valence-corrected chi connectivity index (χ3v) is 2.86. The lowest BCUT2D eigenvalue weighted by molar-refractivity contribution is -0.125. The lowest BCUT2D eigenvalue weighted by atomic mass is 10.1. The van der Waals surface area contributed by atoms with Crippen LogP contribution in [-0.2, 0) is 9.59 Å². The van der Waals surface area contributed by atoms with E-state index in [1.807, 2.05) is 6.92 Å². The molecule has 1 rings (SSSR count). The molecule has 21 heavy (non-hydrogen) atoms. The summed E-state index contributed by atoms with van der Waals surface area (Å²) < 4.78 is 0. The molecule has 1 aromatic rings. The number of carboxylic acid groups (broad SMARTS) is 1. The van der Waals surface area contributed by atoms with Crippen molar-refractivity contribution in [2.45, 2.75) is 39.0 Å². The van der Waals surface area contributed by atoms with Gasteiger partial charge in [-0.15, -0.1) is 0 Å². The third kappa shape index (κ3) is 6.56. The van der Waals surface area contributed by atoms with E-state index < -0.39 is 12.0 Å². The zero-order valence-electron chi connectivity index (χ0n) is 12.0. The first-order valence-corrected chi connectivity index (χ1v) is 6.93. The summed E-state index contributed by atoms with van der Waals surface area (Å²) in [6.07, 6.45) is 1.78. The Kier molecular flexibility index (Phi) is 6.94. The number of benzene rings is 1. The van der Waals surface area contributed by atoms with Crippen LogP contribution in [0, 0.1) is 0 Å². The van der Waals surface area contributed by atoms with E-state index in [-0.39, 0.29) is 17.9 Å². The van der Waals surface area contributed by atoms with Gasteiger partial charge in [0, 0.05) is 6.42 Å². The van der Waals surface area contributed by atoms with Gasteiger partial charge in [0.15, 0.2) is 0 Å². The third-order valence-electron chi connectivity index (χ3n) is 2.86. The molecule has 0 aromatic heterocycles. The van der Waals surface area contributed by atoms with E-state index >= 15 is 0 Å². The molecule has 0 radical (unpaired) electrons. The first-order chi connectivity index (χ1) is 10.0. The van der Waals surface area contributed by atoms with Crippen LogP contribution >= 0.6 is 0 Å². The van der Waals surface area contributed by atoms with E-state index in [1.165, 1.54) is 6.07 Å². The summed E-state index contributed by atoms with van der Waals surface area (Å²) >= 11 is 0. The highest BCUT2D eigenvalue weighted by molar-refractivity contribution is 6.06. The molecule has 0 unspecified atom stereocenters. The first-order valence-electron chi connectivity index (χ1n) is 6.93. The van der Waals surface area contributed by atoms with Crippen molar-refractivity contribution < 1.29 is 19.5 Å². The highest BCUT2D eigenvalue weighted by atomic mass is 16.4. The first kappa shape index (κ1) is 16.7. The average Bonchev–Trinajstić information content (AvgIpc) is 2.40. The van der Waals surface area contributed by atoms with Crippen LogP contribution in [0.25, 0.3) is 0 Å². The maximum absolute atomic E-state index is 11.8. The summed E-state index contributed by atoms with van der Waals surface area (Å²) in [4.78, 5) is 34.1. The van der Waals surface area contributed by atoms with Crippen LogP contribution in [0.1, 0.15) is 39.0 Å². The predicted octanol–water partition coefficient (Wildman–Crippen LogP) is 3.25. The molecule has 0 aliphatic carbocycles. The number of anilines is 2. The van der Waals surface area contributed by atoms with Crippen molar-refractivity contribution in [3.8, 4) is 0 Å². The normalized spacial score (nSPS) is 9.95. The molecule has 1 aromatic carbocycles. The van der Waals surface area contributed by atoms with Crippen molar-refractivity contribution in [1.29, 1.82) is 0 Å². The highest BCUT2D eigenvalue weighted by Crippen LogP contribution is 2.21. The van der Waals surface area contributed by atoms with Gasteiger partial charge in [0.25, 0.3) is 0 Å². The fourth-order valence-electron chi connectivity index (χ4n) is 1.85. The van der Waals surface area contributed by atoms with Crippen molar-refractivity contribution in [3.63, 3.8) is 0 Å². The molecule has 0 fully saturated rings. The number of carbonyl (C=O) groups is 3. The Morgan fingerprint density at radius 2 is 1.67 bits per heavy atom. The van der Waals surface area contributed by atoms with Crippen molar-refractivity contribution in [2.75, 3.05) is 10.6 Å². The summed E-state index contributed by atoms with van der Waals surface area (Å²) in [6, 6.07) is 6.43. The SMILES string of the molecule is CCCCCC(=O)CC(=O)Nc1ccccc1NC(=O)O. The summed E-state index contributed by atoms with van der Waals surface area (Å²) in [5, 5.41) is 13.5. The standard InChI is InChI=1S/C15H20N2O4/c1-2-3-4-7-11(18)10-14(19)16-12-8-5-6-9-13(12)17-15(20)21/h5-6,8-9,17H,2-4,7,10H2,1H3,(H,16,19)(H,20,21). The molecular formula is C15H20N2O4. The lowest BCUT2D eigenvalue weighted by Crippen LogP contribution is -2.18. The smallest absolute Gasteiger partial charge is 0.409 e. The van der Waals surface area contributed by atoms with E-state index in [0.717, 1.165) is 19.3 Å². The van der Waals surface area contributed by atoms with Crippen molar-refractivity contribution in [2.24, 2.45) is 0 Å². The van der Waals surface area contributed by atoms with Crippen LogP contribution in [0.15, 0.2) is 24.3 Å². The number of hydrogen-bond acceptors (Lipinski definition) is 3. The molecule has 0 spiro atoms. The van der Waals surface area contributed by atoms with Crippen LogP contribution in [0.2, 0.25) is 0 Å². The molecule has 0 saturated heterocycles. The van der Waals surface area contributed by atoms with Crippen molar-refractivity contribution >= 4 is 29.2 Å². The Morgan fingerprint density at radius 1 is 1.05 bits per heavy atom. The molecule has 6 heteroatoms. The second-order valence-electron chi connectivity index (χ2n) is 4.70. The number of para-hydroxylation sites is 2. The summed E-state index contributed by atoms with van der Waals surface area (Å²) in [5.41, 5.74) is 0.614. The molecule has 114 valence electrons. The topological polar surface area (TPSA) is 95.5 Å². The number of amides is 2. The molecule has 0 aliphatic heterocycles. The van der Waals surface area contributed by atoms with Gasteiger partial charge in [-0.2, -0.15) is 0 Å². The Labute approximate surface area is 123 Å². The maximum Gasteiger partial charge on any atom is 0.409 e. The second-order valence-corrected chi connectivity index (χ2v) is 4.70. The van der Waals surface area contributed by atoms with Crippen molar-refractivity contribution in [1.82, 2.24) is 0 Å². The molecule has 6 nitrogen and oxygen atoms in total. The zero-order chi connectivity index (χ0) is 15.7. The number of nitrogens with one attached hydrogen (secondary N) is 2. The molecule has 3 N–H and O–H groups in total. The number of rotatable bonds is 8. The van der Waals surface area contributed by atoms with Gasteiger partial charge >= 0.3 is 6.09 Å². The number of Topliss-reactive ketones (excluding diaryl/α,β-unsaturated/α-hetero) is 1. The summed E-state index contributed by atoms with van der Waals surface area (Å²) in [5.74, 6) is -0.541. The molecule has 2 amide bonds. The molecule has 0 saturated carbocycles. The van der Waals surface area contributed by atoms with Gasteiger partial charge in [0.2, 0.25) is 5.91 Å². The van der Waals surface area contributed by atoms with Gasteiger partial charge in [0.05, 0.1) is 17.8 Å². The second kappa shape index (κ2) is 8.73. The minimum Gasteiger partial charge on any atom is -0.465 e. The minimum atomic E-state index is -1.22. The average molecular weight is 292 g/mol. The monoisotopic (exact) mass is 292 g/mol. The van der Waals surface area contributed by atoms with Crippen molar-refractivity contribution in [3.05, 3.63) is 24.3 Å². The molecule has 0 heterocycles. The van der Waals surface area contributed by atoms with Gasteiger partial charge in [0.1, 0.15) is 5.78 Å².